The maximum Gasteiger partial charge on any atom is -0.0132 e. The minimum absolute atomic E-state index is 0.287. The summed E-state index contributed by atoms with van der Waals surface area (Å²) in [7, 11) is 0. The quantitative estimate of drug-likeness (QED) is 0.608. The van der Waals surface area contributed by atoms with Crippen molar-refractivity contribution in [3.63, 3.8) is 0 Å². The molecule has 2 rings (SSSR count). The summed E-state index contributed by atoms with van der Waals surface area (Å²) in [6, 6.07) is 7.09. The van der Waals surface area contributed by atoms with Gasteiger partial charge in [-0.3, -0.25) is 0 Å². The van der Waals surface area contributed by atoms with Crippen LogP contribution in [0.4, 0.5) is 0 Å². The Bertz CT molecular complexity index is 338. The van der Waals surface area contributed by atoms with Gasteiger partial charge in [0.2, 0.25) is 0 Å². The number of rotatable bonds is 1. The Morgan fingerprint density at radius 1 is 1.00 bits per heavy atom. The highest BCUT2D eigenvalue weighted by molar-refractivity contribution is 5.36. The highest BCUT2D eigenvalue weighted by Crippen LogP contribution is 2.41. The molecule has 1 aromatic carbocycles. The van der Waals surface area contributed by atoms with Gasteiger partial charge in [-0.05, 0) is 42.2 Å². The second-order valence-corrected chi connectivity index (χ2v) is 5.66. The van der Waals surface area contributed by atoms with E-state index in [-0.39, 0.29) is 5.41 Å². The van der Waals surface area contributed by atoms with Gasteiger partial charge in [-0.1, -0.05) is 58.4 Å². The fraction of sp³-hybridized carbons (Fsp3) is 0.625. The molecular formula is C16H26. The van der Waals surface area contributed by atoms with E-state index in [4.69, 9.17) is 0 Å². The Kier molecular flexibility index (Phi) is 4.18. The summed E-state index contributed by atoms with van der Waals surface area (Å²) in [6.45, 7) is 13.1. The van der Waals surface area contributed by atoms with Crippen LogP contribution >= 0.6 is 0 Å². The molecule has 0 amide bonds. The second-order valence-electron chi connectivity index (χ2n) is 5.66. The first-order valence-corrected chi connectivity index (χ1v) is 6.59. The monoisotopic (exact) mass is 218 g/mol. The highest BCUT2D eigenvalue weighted by Gasteiger charge is 2.25. The number of hydrogen-bond acceptors (Lipinski definition) is 0. The van der Waals surface area contributed by atoms with Gasteiger partial charge in [0.15, 0.2) is 0 Å². The molecule has 0 bridgehead atoms. The van der Waals surface area contributed by atoms with E-state index in [0.29, 0.717) is 0 Å². The lowest BCUT2D eigenvalue weighted by Gasteiger charge is -2.20. The van der Waals surface area contributed by atoms with Gasteiger partial charge in [0.1, 0.15) is 0 Å². The first kappa shape index (κ1) is 13.3. The Labute approximate surface area is 101 Å². The van der Waals surface area contributed by atoms with Crippen molar-refractivity contribution < 1.29 is 0 Å². The van der Waals surface area contributed by atoms with E-state index in [9.17, 15) is 0 Å². The molecule has 0 heteroatoms. The molecule has 0 saturated heterocycles. The van der Waals surface area contributed by atoms with Crippen LogP contribution in [0.15, 0.2) is 18.2 Å². The first-order valence-electron chi connectivity index (χ1n) is 6.59. The van der Waals surface area contributed by atoms with Crippen molar-refractivity contribution in [1.82, 2.24) is 0 Å². The number of benzene rings is 1. The molecule has 0 unspecified atom stereocenters. The largest absolute Gasteiger partial charge is 0.0683 e. The summed E-state index contributed by atoms with van der Waals surface area (Å²) >= 11 is 0. The second kappa shape index (κ2) is 5.03. The fourth-order valence-electron chi connectivity index (χ4n) is 1.90. The minimum atomic E-state index is 0.287. The maximum absolute atomic E-state index is 2.41. The highest BCUT2D eigenvalue weighted by atomic mass is 14.3. The van der Waals surface area contributed by atoms with Crippen LogP contribution in [0.5, 0.6) is 0 Å². The van der Waals surface area contributed by atoms with Crippen LogP contribution in [-0.4, -0.2) is 0 Å². The van der Waals surface area contributed by atoms with Crippen LogP contribution in [0.2, 0.25) is 0 Å². The molecule has 0 radical (unpaired) electrons. The normalized spacial score (nSPS) is 15.4. The Morgan fingerprint density at radius 3 is 2.00 bits per heavy atom. The molecule has 0 atom stereocenters. The predicted molar refractivity (Wildman–Crippen MR) is 73.2 cm³/mol. The zero-order valence-electron chi connectivity index (χ0n) is 11.7. The van der Waals surface area contributed by atoms with Gasteiger partial charge < -0.3 is 0 Å². The molecule has 0 nitrogen and oxygen atoms in total. The zero-order chi connectivity index (χ0) is 12.3. The predicted octanol–water partition coefficient (Wildman–Crippen LogP) is 5.20. The average Bonchev–Trinajstić information content (AvgIpc) is 3.02. The van der Waals surface area contributed by atoms with Crippen LogP contribution in [-0.2, 0) is 5.41 Å². The summed E-state index contributed by atoms with van der Waals surface area (Å²) in [5, 5.41) is 0. The van der Waals surface area contributed by atoms with Crippen molar-refractivity contribution in [1.29, 1.82) is 0 Å². The number of aryl methyl sites for hydroxylation is 1. The summed E-state index contributed by atoms with van der Waals surface area (Å²) in [5.41, 5.74) is 4.75. The molecule has 0 heterocycles. The molecule has 1 fully saturated rings. The lowest BCUT2D eigenvalue weighted by Crippen LogP contribution is -2.11. The Morgan fingerprint density at radius 2 is 1.56 bits per heavy atom. The van der Waals surface area contributed by atoms with Gasteiger partial charge in [0.05, 0.1) is 0 Å². The van der Waals surface area contributed by atoms with Crippen LogP contribution in [0, 0.1) is 6.92 Å². The van der Waals surface area contributed by atoms with Gasteiger partial charge in [-0.25, -0.2) is 0 Å². The summed E-state index contributed by atoms with van der Waals surface area (Å²) < 4.78 is 0. The molecular weight excluding hydrogens is 192 g/mol. The van der Waals surface area contributed by atoms with E-state index in [2.05, 4.69) is 45.9 Å². The van der Waals surface area contributed by atoms with Gasteiger partial charge in [0, 0.05) is 0 Å². The summed E-state index contributed by atoms with van der Waals surface area (Å²) in [5.74, 6) is 0.871. The van der Waals surface area contributed by atoms with Gasteiger partial charge in [-0.2, -0.15) is 0 Å². The van der Waals surface area contributed by atoms with Gasteiger partial charge >= 0.3 is 0 Å². The van der Waals surface area contributed by atoms with Crippen molar-refractivity contribution in [3.8, 4) is 0 Å². The van der Waals surface area contributed by atoms with Crippen LogP contribution in [0.1, 0.15) is 70.1 Å². The van der Waals surface area contributed by atoms with Crippen LogP contribution in [0.25, 0.3) is 0 Å². The molecule has 0 aliphatic heterocycles. The van der Waals surface area contributed by atoms with E-state index >= 15 is 0 Å². The SMILES string of the molecule is CC.Cc1cc(C2CC2)cc(C(C)(C)C)c1. The lowest BCUT2D eigenvalue weighted by atomic mass is 9.84. The third-order valence-corrected chi connectivity index (χ3v) is 3.01. The summed E-state index contributed by atoms with van der Waals surface area (Å²) in [4.78, 5) is 0. The third kappa shape index (κ3) is 3.37. The van der Waals surface area contributed by atoms with Crippen molar-refractivity contribution in [2.24, 2.45) is 0 Å². The van der Waals surface area contributed by atoms with Crippen LogP contribution in [0.3, 0.4) is 0 Å². The van der Waals surface area contributed by atoms with E-state index in [0.717, 1.165) is 5.92 Å². The van der Waals surface area contributed by atoms with Crippen molar-refractivity contribution in [2.75, 3.05) is 0 Å². The fourth-order valence-corrected chi connectivity index (χ4v) is 1.90. The summed E-state index contributed by atoms with van der Waals surface area (Å²) in [6.07, 6.45) is 2.79. The van der Waals surface area contributed by atoms with E-state index in [1.54, 1.807) is 5.56 Å². The molecule has 90 valence electrons. The minimum Gasteiger partial charge on any atom is -0.0683 e. The third-order valence-electron chi connectivity index (χ3n) is 3.01. The molecule has 0 aromatic heterocycles. The van der Waals surface area contributed by atoms with Crippen molar-refractivity contribution >= 4 is 0 Å². The molecule has 16 heavy (non-hydrogen) atoms. The van der Waals surface area contributed by atoms with Gasteiger partial charge in [0.25, 0.3) is 0 Å². The molecule has 0 N–H and O–H groups in total. The maximum atomic E-state index is 2.41. The van der Waals surface area contributed by atoms with E-state index < -0.39 is 0 Å². The molecule has 1 aromatic rings. The smallest absolute Gasteiger partial charge is 0.0132 e. The van der Waals surface area contributed by atoms with E-state index in [1.807, 2.05) is 13.8 Å². The first-order chi connectivity index (χ1) is 7.47. The molecule has 0 spiro atoms. The molecule has 1 saturated carbocycles. The van der Waals surface area contributed by atoms with Crippen molar-refractivity contribution in [2.45, 2.75) is 65.7 Å². The molecule has 1 aliphatic rings. The topological polar surface area (TPSA) is 0 Å². The Balaban J connectivity index is 0.000000606. The zero-order valence-corrected chi connectivity index (χ0v) is 11.7. The van der Waals surface area contributed by atoms with Crippen LogP contribution < -0.4 is 0 Å². The number of hydrogen-bond donors (Lipinski definition) is 0. The Hall–Kier alpha value is -0.780. The standard InChI is InChI=1S/C14H20.C2H6/c1-10-7-12(11-5-6-11)9-13(8-10)14(2,3)4;1-2/h7-9,11H,5-6H2,1-4H3;1-2H3. The lowest BCUT2D eigenvalue weighted by molar-refractivity contribution is 0.588. The molecule has 1 aliphatic carbocycles. The van der Waals surface area contributed by atoms with Crippen molar-refractivity contribution in [3.05, 3.63) is 34.9 Å². The van der Waals surface area contributed by atoms with Gasteiger partial charge in [-0.15, -0.1) is 0 Å². The average molecular weight is 218 g/mol. The van der Waals surface area contributed by atoms with E-state index in [1.165, 1.54) is 24.0 Å².